The summed E-state index contributed by atoms with van der Waals surface area (Å²) in [5.41, 5.74) is -4.34. The molecule has 0 N–H and O–H groups in total. The van der Waals surface area contributed by atoms with Gasteiger partial charge in [0.15, 0.2) is 5.52 Å². The fourth-order valence-corrected chi connectivity index (χ4v) is 3.64. The third kappa shape index (κ3) is 4.91. The van der Waals surface area contributed by atoms with Gasteiger partial charge in [-0.15, -0.1) is 0 Å². The molecule has 0 heterocycles. The molecule has 0 fully saturated rings. The summed E-state index contributed by atoms with van der Waals surface area (Å²) in [6.45, 7) is 3.31. The Hall–Kier alpha value is -1.28. The van der Waals surface area contributed by atoms with E-state index in [2.05, 4.69) is 0 Å². The minimum atomic E-state index is -5.06. The van der Waals surface area contributed by atoms with Crippen molar-refractivity contribution in [2.45, 2.75) is 26.2 Å². The molecule has 2 rings (SSSR count). The number of benzene rings is 2. The number of rotatable bonds is 3. The number of carbonyl (C=O) groups is 1. The van der Waals surface area contributed by atoms with Gasteiger partial charge in [0.2, 0.25) is 0 Å². The maximum Gasteiger partial charge on any atom is 1.00 e. The zero-order valence-electron chi connectivity index (χ0n) is 14.1. The Morgan fingerprint density at radius 1 is 0.808 bits per heavy atom. The van der Waals surface area contributed by atoms with Gasteiger partial charge >= 0.3 is 31.2 Å². The largest absolute Gasteiger partial charge is 1.00 e. The molecule has 0 aliphatic heterocycles. The summed E-state index contributed by atoms with van der Waals surface area (Å²) < 4.78 is 78.9. The molecule has 0 aliphatic rings. The van der Waals surface area contributed by atoms with Crippen molar-refractivity contribution < 1.29 is 50.0 Å². The van der Waals surface area contributed by atoms with Crippen LogP contribution in [0.2, 0.25) is 0 Å². The fourth-order valence-electron chi connectivity index (χ4n) is 2.46. The van der Waals surface area contributed by atoms with Crippen LogP contribution in [-0.4, -0.2) is 5.52 Å². The number of carbonyl (C=O) groups excluding carboxylic acids is 1. The molecular formula is C17H13F6LiOP+. The predicted molar refractivity (Wildman–Crippen MR) is 84.6 cm³/mol. The van der Waals surface area contributed by atoms with Crippen LogP contribution in [0.4, 0.5) is 26.3 Å². The van der Waals surface area contributed by atoms with Crippen molar-refractivity contribution in [1.82, 2.24) is 0 Å². The van der Waals surface area contributed by atoms with Crippen molar-refractivity contribution in [2.24, 2.45) is 0 Å². The Morgan fingerprint density at radius 2 is 1.19 bits per heavy atom. The summed E-state index contributed by atoms with van der Waals surface area (Å²) in [4.78, 5) is 12.5. The van der Waals surface area contributed by atoms with E-state index in [0.29, 0.717) is 34.6 Å². The zero-order valence-corrected chi connectivity index (χ0v) is 15.1. The number of halogens is 6. The molecule has 0 radical (unpaired) electrons. The van der Waals surface area contributed by atoms with Gasteiger partial charge in [0, 0.05) is 5.56 Å². The van der Waals surface area contributed by atoms with Crippen molar-refractivity contribution in [3.8, 4) is 0 Å². The molecule has 0 saturated carbocycles. The van der Waals surface area contributed by atoms with Gasteiger partial charge in [-0.25, -0.2) is 0 Å². The van der Waals surface area contributed by atoms with E-state index in [1.165, 1.54) is 0 Å². The van der Waals surface area contributed by atoms with E-state index in [4.69, 9.17) is 0 Å². The van der Waals surface area contributed by atoms with E-state index in [0.717, 1.165) is 0 Å². The molecule has 1 atom stereocenters. The second kappa shape index (κ2) is 8.17. The van der Waals surface area contributed by atoms with E-state index < -0.39 is 43.1 Å². The van der Waals surface area contributed by atoms with Crippen LogP contribution in [0.3, 0.4) is 0 Å². The molecular weight excluding hydrogens is 372 g/mol. The van der Waals surface area contributed by atoms with E-state index in [9.17, 15) is 31.1 Å². The van der Waals surface area contributed by atoms with Crippen LogP contribution in [0, 0.1) is 13.8 Å². The molecule has 26 heavy (non-hydrogen) atoms. The van der Waals surface area contributed by atoms with Crippen LogP contribution >= 0.6 is 8.58 Å². The first-order chi connectivity index (χ1) is 11.4. The Balaban J connectivity index is 0.00000338. The third-order valence-electron chi connectivity index (χ3n) is 3.62. The van der Waals surface area contributed by atoms with Gasteiger partial charge in [0.05, 0.1) is 11.1 Å². The molecule has 134 valence electrons. The zero-order chi connectivity index (χ0) is 19.0. The Labute approximate surface area is 160 Å². The fraction of sp³-hybridized carbons (Fsp3) is 0.235. The minimum absolute atomic E-state index is 0. The number of alkyl halides is 6. The summed E-state index contributed by atoms with van der Waals surface area (Å²) in [5, 5.41) is 0.456. The van der Waals surface area contributed by atoms with Crippen LogP contribution in [0.5, 0.6) is 0 Å². The SMILES string of the molecule is Cc1cccc(C)c1PC(=O)c1c(C(F)(F)F)cccc1C(F)(F)F.[Li+]. The van der Waals surface area contributed by atoms with Crippen LogP contribution in [0.15, 0.2) is 36.4 Å². The van der Waals surface area contributed by atoms with Crippen molar-refractivity contribution in [2.75, 3.05) is 0 Å². The number of aryl methyl sites for hydroxylation is 2. The standard InChI is InChI=1S/C17H13F6OP.Li/c1-9-5-3-6-10(2)14(9)25-15(24)13-11(16(18,19)20)7-4-8-12(13)17(21,22)23;/h3-8,25H,1-2H3;/q;+1. The van der Waals surface area contributed by atoms with Crippen LogP contribution in [-0.2, 0) is 12.4 Å². The van der Waals surface area contributed by atoms with Gasteiger partial charge in [-0.2, -0.15) is 26.3 Å². The summed E-state index contributed by atoms with van der Waals surface area (Å²) in [5.74, 6) is 0. The molecule has 9 heteroatoms. The second-order valence-corrected chi connectivity index (χ2v) is 6.65. The van der Waals surface area contributed by atoms with Gasteiger partial charge in [0.25, 0.3) is 0 Å². The molecule has 0 amide bonds. The first-order valence-corrected chi connectivity index (χ1v) is 8.08. The van der Waals surface area contributed by atoms with Gasteiger partial charge in [-0.05, 0) is 51.0 Å². The quantitative estimate of drug-likeness (QED) is 0.451. The van der Waals surface area contributed by atoms with Gasteiger partial charge in [0.1, 0.15) is 0 Å². The van der Waals surface area contributed by atoms with Crippen molar-refractivity contribution in [3.05, 3.63) is 64.2 Å². The molecule has 0 saturated heterocycles. The Kier molecular flexibility index (Phi) is 7.15. The summed E-state index contributed by atoms with van der Waals surface area (Å²) in [6.07, 6.45) is -10.1. The minimum Gasteiger partial charge on any atom is -0.289 e. The maximum absolute atomic E-state index is 13.2. The average Bonchev–Trinajstić information content (AvgIpc) is 2.48. The van der Waals surface area contributed by atoms with Gasteiger partial charge < -0.3 is 0 Å². The predicted octanol–water partition coefficient (Wildman–Crippen LogP) is 2.49. The Morgan fingerprint density at radius 3 is 1.58 bits per heavy atom. The van der Waals surface area contributed by atoms with Gasteiger partial charge in [-0.1, -0.05) is 24.3 Å². The molecule has 0 aromatic heterocycles. The maximum atomic E-state index is 13.2. The number of hydrogen-bond acceptors (Lipinski definition) is 1. The molecule has 0 spiro atoms. The van der Waals surface area contributed by atoms with Crippen LogP contribution < -0.4 is 24.2 Å². The first kappa shape index (κ1) is 22.8. The normalized spacial score (nSPS) is 12.3. The van der Waals surface area contributed by atoms with Crippen molar-refractivity contribution >= 4 is 19.4 Å². The molecule has 0 aliphatic carbocycles. The topological polar surface area (TPSA) is 17.1 Å². The second-order valence-electron chi connectivity index (χ2n) is 5.44. The summed E-state index contributed by atoms with van der Waals surface area (Å²) in [6, 6.07) is 6.67. The van der Waals surface area contributed by atoms with Crippen molar-refractivity contribution in [3.63, 3.8) is 0 Å². The van der Waals surface area contributed by atoms with Crippen molar-refractivity contribution in [1.29, 1.82) is 0 Å². The average molecular weight is 385 g/mol. The Bertz CT molecular complexity index is 761. The monoisotopic (exact) mass is 385 g/mol. The van der Waals surface area contributed by atoms with E-state index in [-0.39, 0.29) is 18.9 Å². The van der Waals surface area contributed by atoms with E-state index in [1.54, 1.807) is 32.0 Å². The van der Waals surface area contributed by atoms with Gasteiger partial charge in [-0.3, -0.25) is 4.79 Å². The van der Waals surface area contributed by atoms with E-state index in [1.807, 2.05) is 0 Å². The molecule has 2 aromatic rings. The molecule has 0 bridgehead atoms. The first-order valence-electron chi connectivity index (χ1n) is 7.08. The van der Waals surface area contributed by atoms with E-state index >= 15 is 0 Å². The van der Waals surface area contributed by atoms with Crippen LogP contribution in [0.1, 0.15) is 32.6 Å². The third-order valence-corrected chi connectivity index (χ3v) is 5.14. The summed E-state index contributed by atoms with van der Waals surface area (Å²) in [7, 11) is -0.835. The summed E-state index contributed by atoms with van der Waals surface area (Å²) >= 11 is 0. The molecule has 2 aromatic carbocycles. The smallest absolute Gasteiger partial charge is 0.289 e. The molecule has 1 unspecified atom stereocenters. The molecule has 1 nitrogen and oxygen atoms in total. The van der Waals surface area contributed by atoms with Crippen LogP contribution in [0.25, 0.3) is 0 Å². The number of hydrogen-bond donors (Lipinski definition) is 0.